The van der Waals surface area contributed by atoms with Gasteiger partial charge in [0, 0.05) is 7.05 Å². The molecule has 0 heterocycles. The Hall–Kier alpha value is -1.75. The molecule has 0 unspecified atom stereocenters. The molecule has 0 bridgehead atoms. The highest BCUT2D eigenvalue weighted by Crippen LogP contribution is 2.22. The first-order valence-corrected chi connectivity index (χ1v) is 5.67. The van der Waals surface area contributed by atoms with Crippen LogP contribution in [0.25, 0.3) is 0 Å². The van der Waals surface area contributed by atoms with E-state index in [1.807, 2.05) is 0 Å². The number of halogens is 1. The number of amides is 2. The summed E-state index contributed by atoms with van der Waals surface area (Å²) in [5.41, 5.74) is -0.858. The molecule has 0 spiro atoms. The molecule has 1 aromatic rings. The first-order valence-electron chi connectivity index (χ1n) is 5.29. The number of anilines is 1. The van der Waals surface area contributed by atoms with E-state index < -0.39 is 17.5 Å². The van der Waals surface area contributed by atoms with Crippen LogP contribution < -0.4 is 5.32 Å². The van der Waals surface area contributed by atoms with Gasteiger partial charge in [-0.25, -0.2) is 9.59 Å². The quantitative estimate of drug-likeness (QED) is 0.887. The maximum Gasteiger partial charge on any atom is 0.329 e. The van der Waals surface area contributed by atoms with Crippen molar-refractivity contribution in [2.75, 3.05) is 12.4 Å². The molecule has 5 nitrogen and oxygen atoms in total. The van der Waals surface area contributed by atoms with E-state index >= 15 is 0 Å². The molecular weight excluding hydrogens is 256 g/mol. The van der Waals surface area contributed by atoms with E-state index in [0.717, 1.165) is 4.90 Å². The molecule has 0 saturated heterocycles. The summed E-state index contributed by atoms with van der Waals surface area (Å²) in [6, 6.07) is 6.21. The van der Waals surface area contributed by atoms with Crippen molar-refractivity contribution in [3.8, 4) is 0 Å². The molecule has 0 aliphatic heterocycles. The molecule has 0 fully saturated rings. The number of hydrogen-bond acceptors (Lipinski definition) is 2. The summed E-state index contributed by atoms with van der Waals surface area (Å²) in [6.45, 7) is 2.89. The fourth-order valence-electron chi connectivity index (χ4n) is 1.16. The number of benzene rings is 1. The number of nitrogens with zero attached hydrogens (tertiary/aromatic N) is 1. The molecule has 1 rings (SSSR count). The number of urea groups is 1. The topological polar surface area (TPSA) is 69.6 Å². The second kappa shape index (κ2) is 5.27. The highest BCUT2D eigenvalue weighted by molar-refractivity contribution is 6.33. The Balaban J connectivity index is 2.84. The van der Waals surface area contributed by atoms with Crippen molar-refractivity contribution in [1.82, 2.24) is 4.90 Å². The van der Waals surface area contributed by atoms with Crippen molar-refractivity contribution in [3.05, 3.63) is 29.3 Å². The van der Waals surface area contributed by atoms with Crippen LogP contribution in [0.15, 0.2) is 24.3 Å². The van der Waals surface area contributed by atoms with Gasteiger partial charge in [0.15, 0.2) is 0 Å². The van der Waals surface area contributed by atoms with Crippen molar-refractivity contribution in [1.29, 1.82) is 0 Å². The number of carbonyl (C=O) groups is 2. The first kappa shape index (κ1) is 14.3. The number of rotatable bonds is 3. The van der Waals surface area contributed by atoms with E-state index in [4.69, 9.17) is 16.7 Å². The number of carbonyl (C=O) groups excluding carboxylic acids is 1. The van der Waals surface area contributed by atoms with Gasteiger partial charge >= 0.3 is 12.0 Å². The molecular formula is C12H15ClN2O3. The summed E-state index contributed by atoms with van der Waals surface area (Å²) >= 11 is 5.90. The van der Waals surface area contributed by atoms with E-state index in [9.17, 15) is 9.59 Å². The summed E-state index contributed by atoms with van der Waals surface area (Å²) in [5.74, 6) is -1.08. The van der Waals surface area contributed by atoms with Crippen molar-refractivity contribution in [2.45, 2.75) is 19.4 Å². The van der Waals surface area contributed by atoms with Crippen LogP contribution in [0.3, 0.4) is 0 Å². The number of para-hydroxylation sites is 1. The zero-order valence-corrected chi connectivity index (χ0v) is 11.2. The number of carboxylic acid groups (broad SMARTS) is 1. The number of aliphatic carboxylic acids is 1. The molecule has 98 valence electrons. The Morgan fingerprint density at radius 2 is 1.89 bits per heavy atom. The maximum absolute atomic E-state index is 11.9. The largest absolute Gasteiger partial charge is 0.480 e. The fourth-order valence-corrected chi connectivity index (χ4v) is 1.34. The first-order chi connectivity index (χ1) is 8.26. The van der Waals surface area contributed by atoms with Gasteiger partial charge in [0.2, 0.25) is 0 Å². The minimum atomic E-state index is -1.30. The monoisotopic (exact) mass is 270 g/mol. The lowest BCUT2D eigenvalue weighted by Gasteiger charge is -2.31. The van der Waals surface area contributed by atoms with Gasteiger partial charge in [0.05, 0.1) is 10.7 Å². The lowest BCUT2D eigenvalue weighted by molar-refractivity contribution is -0.146. The van der Waals surface area contributed by atoms with E-state index in [1.54, 1.807) is 24.3 Å². The van der Waals surface area contributed by atoms with Gasteiger partial charge in [-0.05, 0) is 26.0 Å². The van der Waals surface area contributed by atoms with Crippen LogP contribution >= 0.6 is 11.6 Å². The molecule has 0 aromatic heterocycles. The lowest BCUT2D eigenvalue weighted by Crippen LogP contribution is -2.52. The van der Waals surface area contributed by atoms with Gasteiger partial charge in [-0.15, -0.1) is 0 Å². The number of carboxylic acids is 1. The summed E-state index contributed by atoms with van der Waals surface area (Å²) < 4.78 is 0. The standard InChI is InChI=1S/C12H15ClN2O3/c1-12(2,10(16)17)15(3)11(18)14-9-7-5-4-6-8(9)13/h4-7H,1-3H3,(H,14,18)(H,16,17). The van der Waals surface area contributed by atoms with Crippen LogP contribution in [0.1, 0.15) is 13.8 Å². The van der Waals surface area contributed by atoms with E-state index in [2.05, 4.69) is 5.32 Å². The number of hydrogen-bond donors (Lipinski definition) is 2. The summed E-state index contributed by atoms with van der Waals surface area (Å²) in [5, 5.41) is 12.0. The second-order valence-corrected chi connectivity index (χ2v) is 4.74. The van der Waals surface area contributed by atoms with E-state index in [1.165, 1.54) is 20.9 Å². The van der Waals surface area contributed by atoms with Gasteiger partial charge in [0.25, 0.3) is 0 Å². The van der Waals surface area contributed by atoms with Gasteiger partial charge in [-0.1, -0.05) is 23.7 Å². The van der Waals surface area contributed by atoms with Gasteiger partial charge in [0.1, 0.15) is 5.54 Å². The van der Waals surface area contributed by atoms with Crippen LogP contribution in [0.4, 0.5) is 10.5 Å². The van der Waals surface area contributed by atoms with E-state index in [-0.39, 0.29) is 0 Å². The zero-order chi connectivity index (χ0) is 13.9. The third-order valence-corrected chi connectivity index (χ3v) is 3.11. The van der Waals surface area contributed by atoms with Crippen LogP contribution in [0.5, 0.6) is 0 Å². The van der Waals surface area contributed by atoms with Crippen molar-refractivity contribution < 1.29 is 14.7 Å². The molecule has 0 aliphatic rings. The molecule has 2 N–H and O–H groups in total. The molecule has 0 atom stereocenters. The van der Waals surface area contributed by atoms with Crippen LogP contribution in [-0.2, 0) is 4.79 Å². The Morgan fingerprint density at radius 1 is 1.33 bits per heavy atom. The van der Waals surface area contributed by atoms with Crippen molar-refractivity contribution >= 4 is 29.3 Å². The average molecular weight is 271 g/mol. The maximum atomic E-state index is 11.9. The van der Waals surface area contributed by atoms with Gasteiger partial charge in [-0.3, -0.25) is 0 Å². The average Bonchev–Trinajstić information content (AvgIpc) is 2.30. The zero-order valence-electron chi connectivity index (χ0n) is 10.4. The van der Waals surface area contributed by atoms with Crippen molar-refractivity contribution in [3.63, 3.8) is 0 Å². The lowest BCUT2D eigenvalue weighted by atomic mass is 10.1. The SMILES string of the molecule is CN(C(=O)Nc1ccccc1Cl)C(C)(C)C(=O)O. The van der Waals surface area contributed by atoms with Crippen LogP contribution in [-0.4, -0.2) is 34.6 Å². The van der Waals surface area contributed by atoms with Crippen LogP contribution in [0, 0.1) is 0 Å². The predicted octanol–water partition coefficient (Wildman–Crippen LogP) is 2.67. The third kappa shape index (κ3) is 2.92. The fraction of sp³-hybridized carbons (Fsp3) is 0.333. The third-order valence-electron chi connectivity index (χ3n) is 2.78. The van der Waals surface area contributed by atoms with Crippen molar-refractivity contribution in [2.24, 2.45) is 0 Å². The molecule has 0 saturated carbocycles. The number of likely N-dealkylation sites (N-methyl/N-ethyl adjacent to an activating group) is 1. The van der Waals surface area contributed by atoms with Gasteiger partial charge in [-0.2, -0.15) is 0 Å². The smallest absolute Gasteiger partial charge is 0.329 e. The highest BCUT2D eigenvalue weighted by atomic mass is 35.5. The number of nitrogens with one attached hydrogen (secondary N) is 1. The Morgan fingerprint density at radius 3 is 2.39 bits per heavy atom. The normalized spacial score (nSPS) is 10.9. The van der Waals surface area contributed by atoms with E-state index in [0.29, 0.717) is 10.7 Å². The Bertz CT molecular complexity index is 474. The minimum Gasteiger partial charge on any atom is -0.480 e. The van der Waals surface area contributed by atoms with Gasteiger partial charge < -0.3 is 15.3 Å². The Kier molecular flexibility index (Phi) is 4.19. The molecule has 1 aromatic carbocycles. The molecule has 18 heavy (non-hydrogen) atoms. The predicted molar refractivity (Wildman–Crippen MR) is 69.9 cm³/mol. The van der Waals surface area contributed by atoms with Crippen LogP contribution in [0.2, 0.25) is 5.02 Å². The summed E-state index contributed by atoms with van der Waals surface area (Å²) in [4.78, 5) is 24.1. The highest BCUT2D eigenvalue weighted by Gasteiger charge is 2.35. The summed E-state index contributed by atoms with van der Waals surface area (Å²) in [7, 11) is 1.42. The minimum absolute atomic E-state index is 0.396. The summed E-state index contributed by atoms with van der Waals surface area (Å²) in [6.07, 6.45) is 0. The molecule has 0 radical (unpaired) electrons. The second-order valence-electron chi connectivity index (χ2n) is 4.33. The molecule has 2 amide bonds. The Labute approximate surface area is 110 Å². The molecule has 0 aliphatic carbocycles. The molecule has 6 heteroatoms.